The maximum atomic E-state index is 13.1. The first-order valence-corrected chi connectivity index (χ1v) is 14.3. The van der Waals surface area contributed by atoms with Gasteiger partial charge in [-0.05, 0) is 55.4 Å². The minimum Gasteiger partial charge on any atom is -0.444 e. The Balaban J connectivity index is 1.99. The van der Waals surface area contributed by atoms with Crippen molar-refractivity contribution < 1.29 is 19.1 Å². The topological polar surface area (TPSA) is 59.0 Å². The highest BCUT2D eigenvalue weighted by Gasteiger charge is 2.50. The summed E-state index contributed by atoms with van der Waals surface area (Å²) in [7, 11) is -2.72. The Morgan fingerprint density at radius 1 is 0.912 bits per heavy atom. The van der Waals surface area contributed by atoms with Crippen molar-refractivity contribution in [1.82, 2.24) is 4.90 Å². The molecule has 0 spiro atoms. The van der Waals surface area contributed by atoms with E-state index in [4.69, 9.17) is 9.16 Å². The Morgan fingerprint density at radius 3 is 1.91 bits per heavy atom. The van der Waals surface area contributed by atoms with E-state index in [-0.39, 0.29) is 17.2 Å². The van der Waals surface area contributed by atoms with E-state index in [0.717, 1.165) is 0 Å². The number of likely N-dealkylation sites (tertiary alicyclic amines) is 1. The molecule has 0 saturated carbocycles. The second-order valence-corrected chi connectivity index (χ2v) is 15.6. The predicted octanol–water partition coefficient (Wildman–Crippen LogP) is 4.71. The molecular weight excluding hydrogens is 442 g/mol. The Hall–Kier alpha value is -2.15. The fourth-order valence-corrected chi connectivity index (χ4v) is 9.47. The first-order chi connectivity index (χ1) is 15.9. The van der Waals surface area contributed by atoms with E-state index in [9.17, 15) is 9.90 Å². The van der Waals surface area contributed by atoms with Gasteiger partial charge in [0.25, 0.3) is 8.32 Å². The van der Waals surface area contributed by atoms with E-state index in [1.165, 1.54) is 10.4 Å². The molecule has 0 aromatic heterocycles. The van der Waals surface area contributed by atoms with Crippen LogP contribution >= 0.6 is 0 Å². The van der Waals surface area contributed by atoms with Crippen LogP contribution in [0.4, 0.5) is 4.79 Å². The molecule has 0 aliphatic carbocycles. The van der Waals surface area contributed by atoms with Gasteiger partial charge in [-0.25, -0.2) is 4.79 Å². The highest BCUT2D eigenvalue weighted by Crippen LogP contribution is 2.37. The van der Waals surface area contributed by atoms with Crippen molar-refractivity contribution in [3.63, 3.8) is 0 Å². The van der Waals surface area contributed by atoms with Gasteiger partial charge in [-0.3, -0.25) is 0 Å². The quantitative estimate of drug-likeness (QED) is 0.626. The summed E-state index contributed by atoms with van der Waals surface area (Å²) in [6.07, 6.45) is 1.13. The van der Waals surface area contributed by atoms with E-state index in [1.807, 2.05) is 32.9 Å². The normalized spacial score (nSPS) is 20.0. The third-order valence-corrected chi connectivity index (χ3v) is 11.5. The van der Waals surface area contributed by atoms with Crippen molar-refractivity contribution in [2.45, 2.75) is 83.6 Å². The monoisotopic (exact) mass is 483 g/mol. The van der Waals surface area contributed by atoms with Crippen LogP contribution in [0, 0.1) is 0 Å². The van der Waals surface area contributed by atoms with Crippen molar-refractivity contribution >= 4 is 24.8 Å². The molecule has 1 fully saturated rings. The molecular formula is C28H41NO4Si. The SMILES string of the molecule is CC(C)(C)OC(=O)N1CCC(O)CC[C@H]1CO[Si](c1ccccc1)(c1ccccc1)C(C)(C)C. The van der Waals surface area contributed by atoms with Gasteiger partial charge in [0, 0.05) is 6.54 Å². The molecule has 1 heterocycles. The molecule has 5 nitrogen and oxygen atoms in total. The van der Waals surface area contributed by atoms with Crippen LogP contribution in [0.15, 0.2) is 60.7 Å². The zero-order chi connectivity index (χ0) is 25.0. The average molecular weight is 484 g/mol. The summed E-state index contributed by atoms with van der Waals surface area (Å²) >= 11 is 0. The van der Waals surface area contributed by atoms with Crippen molar-refractivity contribution in [3.05, 3.63) is 60.7 Å². The number of ether oxygens (including phenoxy) is 1. The molecule has 2 atom stereocenters. The predicted molar refractivity (Wildman–Crippen MR) is 140 cm³/mol. The lowest BCUT2D eigenvalue weighted by atomic mass is 10.1. The summed E-state index contributed by atoms with van der Waals surface area (Å²) in [5.74, 6) is 0. The number of carbonyl (C=O) groups excluding carboxylic acids is 1. The Labute approximate surface area is 206 Å². The minimum absolute atomic E-state index is 0.142. The number of amides is 1. The van der Waals surface area contributed by atoms with Crippen molar-refractivity contribution in [3.8, 4) is 0 Å². The number of aliphatic hydroxyl groups is 1. The largest absolute Gasteiger partial charge is 0.444 e. The highest BCUT2D eigenvalue weighted by atomic mass is 28.4. The summed E-state index contributed by atoms with van der Waals surface area (Å²) in [5.41, 5.74) is -0.578. The van der Waals surface area contributed by atoms with Crippen molar-refractivity contribution in [1.29, 1.82) is 0 Å². The summed E-state index contributed by atoms with van der Waals surface area (Å²) in [6, 6.07) is 20.9. The molecule has 186 valence electrons. The van der Waals surface area contributed by atoms with Gasteiger partial charge in [0.15, 0.2) is 0 Å². The smallest absolute Gasteiger partial charge is 0.410 e. The molecule has 0 radical (unpaired) electrons. The van der Waals surface area contributed by atoms with Crippen LogP contribution in [0.5, 0.6) is 0 Å². The van der Waals surface area contributed by atoms with Gasteiger partial charge in [-0.1, -0.05) is 81.4 Å². The molecule has 6 heteroatoms. The van der Waals surface area contributed by atoms with Crippen LogP contribution in [0.25, 0.3) is 0 Å². The number of rotatable bonds is 5. The first kappa shape index (κ1) is 26.5. The molecule has 34 heavy (non-hydrogen) atoms. The van der Waals surface area contributed by atoms with E-state index < -0.39 is 20.0 Å². The first-order valence-electron chi connectivity index (χ1n) is 12.4. The van der Waals surface area contributed by atoms with Gasteiger partial charge in [0.1, 0.15) is 5.60 Å². The number of nitrogens with zero attached hydrogens (tertiary/aromatic N) is 1. The van der Waals surface area contributed by atoms with Crippen LogP contribution in [0.3, 0.4) is 0 Å². The number of hydrogen-bond acceptors (Lipinski definition) is 4. The maximum Gasteiger partial charge on any atom is 0.410 e. The van der Waals surface area contributed by atoms with E-state index in [1.54, 1.807) is 4.90 Å². The maximum absolute atomic E-state index is 13.1. The van der Waals surface area contributed by atoms with Crippen molar-refractivity contribution in [2.75, 3.05) is 13.2 Å². The van der Waals surface area contributed by atoms with Gasteiger partial charge in [-0.2, -0.15) is 0 Å². The number of aliphatic hydroxyl groups excluding tert-OH is 1. The van der Waals surface area contributed by atoms with Gasteiger partial charge >= 0.3 is 6.09 Å². The fraction of sp³-hybridized carbons (Fsp3) is 0.536. The van der Waals surface area contributed by atoms with Crippen LogP contribution in [-0.2, 0) is 9.16 Å². The fourth-order valence-electron chi connectivity index (χ4n) is 4.87. The average Bonchev–Trinajstić information content (AvgIpc) is 2.95. The zero-order valence-corrected chi connectivity index (χ0v) is 22.6. The van der Waals surface area contributed by atoms with Gasteiger partial charge in [0.05, 0.1) is 18.8 Å². The molecule has 2 aromatic carbocycles. The summed E-state index contributed by atoms with van der Waals surface area (Å²) in [5, 5.41) is 12.6. The number of benzene rings is 2. The van der Waals surface area contributed by atoms with Crippen LogP contribution in [0.2, 0.25) is 5.04 Å². The number of hydrogen-bond donors (Lipinski definition) is 1. The lowest BCUT2D eigenvalue weighted by Gasteiger charge is -2.44. The molecule has 2 aromatic rings. The lowest BCUT2D eigenvalue weighted by Crippen LogP contribution is -2.67. The van der Waals surface area contributed by atoms with Crippen LogP contribution < -0.4 is 10.4 Å². The molecule has 3 rings (SSSR count). The highest BCUT2D eigenvalue weighted by molar-refractivity contribution is 6.99. The summed E-state index contributed by atoms with van der Waals surface area (Å²) < 4.78 is 12.8. The van der Waals surface area contributed by atoms with Crippen LogP contribution in [-0.4, -0.2) is 55.3 Å². The van der Waals surface area contributed by atoms with E-state index >= 15 is 0 Å². The zero-order valence-electron chi connectivity index (χ0n) is 21.6. The molecule has 0 bridgehead atoms. The second kappa shape index (κ2) is 10.6. The van der Waals surface area contributed by atoms with E-state index in [0.29, 0.717) is 32.4 Å². The summed E-state index contributed by atoms with van der Waals surface area (Å²) in [4.78, 5) is 14.9. The summed E-state index contributed by atoms with van der Waals surface area (Å²) in [6.45, 7) is 13.3. The second-order valence-electron chi connectivity index (χ2n) is 11.3. The third-order valence-electron chi connectivity index (χ3n) is 6.51. The van der Waals surface area contributed by atoms with Gasteiger partial charge < -0.3 is 19.2 Å². The van der Waals surface area contributed by atoms with Crippen molar-refractivity contribution in [2.24, 2.45) is 0 Å². The standard InChI is InChI=1S/C28H41NO4Si/c1-27(2,3)33-26(31)29-20-19-23(30)18-17-22(29)21-32-34(28(4,5)6,24-13-9-7-10-14-24)25-15-11-8-12-16-25/h7-16,22-23,30H,17-21H2,1-6H3/t22-,23?/m0/s1. The molecule has 1 amide bonds. The lowest BCUT2D eigenvalue weighted by molar-refractivity contribution is 0.0107. The molecule has 1 aliphatic rings. The Bertz CT molecular complexity index is 881. The molecule has 1 unspecified atom stereocenters. The van der Waals surface area contributed by atoms with Gasteiger partial charge in [0.2, 0.25) is 0 Å². The van der Waals surface area contributed by atoms with Crippen LogP contribution in [0.1, 0.15) is 60.8 Å². The molecule has 1 N–H and O–H groups in total. The molecule has 1 aliphatic heterocycles. The van der Waals surface area contributed by atoms with Gasteiger partial charge in [-0.15, -0.1) is 0 Å². The number of carbonyl (C=O) groups is 1. The minimum atomic E-state index is -2.72. The third kappa shape index (κ3) is 6.09. The molecule has 1 saturated heterocycles. The Morgan fingerprint density at radius 2 is 1.44 bits per heavy atom. The van der Waals surface area contributed by atoms with E-state index in [2.05, 4.69) is 69.3 Å². The Kier molecular flexibility index (Phi) is 8.27.